The maximum Gasteiger partial charge on any atom is 0.131 e. The van der Waals surface area contributed by atoms with Crippen LogP contribution in [0.1, 0.15) is 17.9 Å². The number of rotatable bonds is 3. The van der Waals surface area contributed by atoms with Crippen molar-refractivity contribution >= 4 is 0 Å². The normalized spacial score (nSPS) is 17.4. The summed E-state index contributed by atoms with van der Waals surface area (Å²) in [6, 6.07) is 15.7. The Kier molecular flexibility index (Phi) is 3.38. The van der Waals surface area contributed by atoms with Gasteiger partial charge in [0.1, 0.15) is 17.2 Å². The van der Waals surface area contributed by atoms with Gasteiger partial charge >= 0.3 is 0 Å². The van der Waals surface area contributed by atoms with Gasteiger partial charge in [-0.25, -0.2) is 0 Å². The Hall–Kier alpha value is -2.00. The van der Waals surface area contributed by atoms with Gasteiger partial charge in [-0.15, -0.1) is 0 Å². The lowest BCUT2D eigenvalue weighted by molar-refractivity contribution is 0.267. The Bertz CT molecular complexity index is 554. The van der Waals surface area contributed by atoms with Crippen molar-refractivity contribution < 1.29 is 9.47 Å². The van der Waals surface area contributed by atoms with Crippen molar-refractivity contribution in [3.05, 3.63) is 54.1 Å². The molecule has 0 aliphatic carbocycles. The second-order valence-corrected chi connectivity index (χ2v) is 4.68. The second-order valence-electron chi connectivity index (χ2n) is 4.68. The molecule has 1 aliphatic rings. The number of fused-ring (bicyclic) bond motifs is 1. The van der Waals surface area contributed by atoms with Crippen molar-refractivity contribution in [2.75, 3.05) is 13.2 Å². The largest absolute Gasteiger partial charge is 0.493 e. The maximum absolute atomic E-state index is 5.80. The van der Waals surface area contributed by atoms with Crippen LogP contribution in [0.15, 0.2) is 48.5 Å². The second kappa shape index (κ2) is 5.33. The van der Waals surface area contributed by atoms with Gasteiger partial charge in [0.25, 0.3) is 0 Å². The fourth-order valence-corrected chi connectivity index (χ4v) is 2.38. The average Bonchev–Trinajstić information content (AvgIpc) is 2.47. The highest BCUT2D eigenvalue weighted by molar-refractivity contribution is 5.45. The third-order valence-electron chi connectivity index (χ3n) is 3.41. The molecule has 1 atom stereocenters. The molecule has 0 saturated heterocycles. The van der Waals surface area contributed by atoms with Gasteiger partial charge in [-0.2, -0.15) is 0 Å². The minimum Gasteiger partial charge on any atom is -0.493 e. The third-order valence-corrected chi connectivity index (χ3v) is 3.41. The quantitative estimate of drug-likeness (QED) is 0.915. The van der Waals surface area contributed by atoms with Gasteiger partial charge in [-0.1, -0.05) is 24.3 Å². The molecule has 0 saturated carbocycles. The molecule has 2 aromatic carbocycles. The van der Waals surface area contributed by atoms with E-state index in [1.807, 2.05) is 42.5 Å². The molecular formula is C16H17NO2. The zero-order chi connectivity index (χ0) is 13.1. The maximum atomic E-state index is 5.80. The van der Waals surface area contributed by atoms with E-state index in [1.54, 1.807) is 0 Å². The average molecular weight is 255 g/mol. The SMILES string of the molecule is NCC1CCOc2cc(Oc3ccccc3)ccc21. The Balaban J connectivity index is 1.85. The minimum atomic E-state index is 0.398. The summed E-state index contributed by atoms with van der Waals surface area (Å²) in [5.41, 5.74) is 6.98. The number of ether oxygens (including phenoxy) is 2. The van der Waals surface area contributed by atoms with Gasteiger partial charge in [-0.3, -0.25) is 0 Å². The summed E-state index contributed by atoms with van der Waals surface area (Å²) in [5.74, 6) is 2.92. The monoisotopic (exact) mass is 255 g/mol. The Morgan fingerprint density at radius 2 is 1.95 bits per heavy atom. The van der Waals surface area contributed by atoms with E-state index in [0.29, 0.717) is 12.5 Å². The number of hydrogen-bond donors (Lipinski definition) is 1. The molecular weight excluding hydrogens is 238 g/mol. The van der Waals surface area contributed by atoms with Crippen LogP contribution in [0, 0.1) is 0 Å². The van der Waals surface area contributed by atoms with E-state index >= 15 is 0 Å². The molecule has 0 amide bonds. The summed E-state index contributed by atoms with van der Waals surface area (Å²) in [6.07, 6.45) is 0.988. The summed E-state index contributed by atoms with van der Waals surface area (Å²) < 4.78 is 11.5. The van der Waals surface area contributed by atoms with Crippen LogP contribution in [0.25, 0.3) is 0 Å². The number of benzene rings is 2. The molecule has 19 heavy (non-hydrogen) atoms. The van der Waals surface area contributed by atoms with Crippen molar-refractivity contribution in [1.29, 1.82) is 0 Å². The molecule has 0 radical (unpaired) electrons. The van der Waals surface area contributed by atoms with E-state index in [2.05, 4.69) is 6.07 Å². The van der Waals surface area contributed by atoms with E-state index in [0.717, 1.165) is 30.3 Å². The summed E-state index contributed by atoms with van der Waals surface area (Å²) in [5, 5.41) is 0. The van der Waals surface area contributed by atoms with Crippen LogP contribution in [0.3, 0.4) is 0 Å². The summed E-state index contributed by atoms with van der Waals surface area (Å²) in [4.78, 5) is 0. The smallest absolute Gasteiger partial charge is 0.131 e. The number of hydrogen-bond acceptors (Lipinski definition) is 3. The molecule has 0 spiro atoms. The van der Waals surface area contributed by atoms with Gasteiger partial charge in [0, 0.05) is 12.0 Å². The summed E-state index contributed by atoms with van der Waals surface area (Å²) in [6.45, 7) is 1.39. The zero-order valence-corrected chi connectivity index (χ0v) is 10.7. The molecule has 1 unspecified atom stereocenters. The van der Waals surface area contributed by atoms with Crippen LogP contribution < -0.4 is 15.2 Å². The first-order chi connectivity index (χ1) is 9.36. The summed E-state index contributed by atoms with van der Waals surface area (Å²) >= 11 is 0. The first kappa shape index (κ1) is 12.1. The van der Waals surface area contributed by atoms with Gasteiger partial charge in [0.2, 0.25) is 0 Å². The fourth-order valence-electron chi connectivity index (χ4n) is 2.38. The van der Waals surface area contributed by atoms with Crippen LogP contribution in [-0.4, -0.2) is 13.2 Å². The van der Waals surface area contributed by atoms with E-state index in [-0.39, 0.29) is 0 Å². The zero-order valence-electron chi connectivity index (χ0n) is 10.7. The van der Waals surface area contributed by atoms with Crippen LogP contribution in [0.5, 0.6) is 17.2 Å². The standard InChI is InChI=1S/C16H17NO2/c17-11-12-8-9-18-16-10-14(6-7-15(12)16)19-13-4-2-1-3-5-13/h1-7,10,12H,8-9,11,17H2. The van der Waals surface area contributed by atoms with E-state index in [1.165, 1.54) is 5.56 Å². The topological polar surface area (TPSA) is 44.5 Å². The van der Waals surface area contributed by atoms with Gasteiger partial charge < -0.3 is 15.2 Å². The minimum absolute atomic E-state index is 0.398. The first-order valence-corrected chi connectivity index (χ1v) is 6.56. The van der Waals surface area contributed by atoms with Crippen molar-refractivity contribution in [2.24, 2.45) is 5.73 Å². The lowest BCUT2D eigenvalue weighted by atomic mass is 9.93. The van der Waals surface area contributed by atoms with E-state index in [9.17, 15) is 0 Å². The third kappa shape index (κ3) is 2.56. The highest BCUT2D eigenvalue weighted by atomic mass is 16.5. The van der Waals surface area contributed by atoms with Crippen molar-refractivity contribution in [2.45, 2.75) is 12.3 Å². The van der Waals surface area contributed by atoms with Crippen molar-refractivity contribution in [1.82, 2.24) is 0 Å². The molecule has 3 nitrogen and oxygen atoms in total. The molecule has 0 bridgehead atoms. The first-order valence-electron chi connectivity index (χ1n) is 6.56. The fraction of sp³-hybridized carbons (Fsp3) is 0.250. The summed E-state index contributed by atoms with van der Waals surface area (Å²) in [7, 11) is 0. The van der Waals surface area contributed by atoms with E-state index < -0.39 is 0 Å². The number of para-hydroxylation sites is 1. The molecule has 0 aromatic heterocycles. The molecule has 3 rings (SSSR count). The van der Waals surface area contributed by atoms with Gasteiger partial charge in [0.15, 0.2) is 0 Å². The van der Waals surface area contributed by atoms with Crippen LogP contribution in [-0.2, 0) is 0 Å². The molecule has 1 heterocycles. The highest BCUT2D eigenvalue weighted by Crippen LogP contribution is 2.36. The van der Waals surface area contributed by atoms with Crippen LogP contribution >= 0.6 is 0 Å². The molecule has 1 aliphatic heterocycles. The molecule has 98 valence electrons. The lowest BCUT2D eigenvalue weighted by Crippen LogP contribution is -2.20. The van der Waals surface area contributed by atoms with Crippen molar-refractivity contribution in [3.8, 4) is 17.2 Å². The molecule has 2 N–H and O–H groups in total. The lowest BCUT2D eigenvalue weighted by Gasteiger charge is -2.25. The van der Waals surface area contributed by atoms with E-state index in [4.69, 9.17) is 15.2 Å². The van der Waals surface area contributed by atoms with Crippen LogP contribution in [0.4, 0.5) is 0 Å². The molecule has 3 heteroatoms. The predicted octanol–water partition coefficient (Wildman–Crippen LogP) is 3.30. The van der Waals surface area contributed by atoms with Gasteiger partial charge in [-0.05, 0) is 36.7 Å². The molecule has 2 aromatic rings. The van der Waals surface area contributed by atoms with Crippen molar-refractivity contribution in [3.63, 3.8) is 0 Å². The Labute approximate surface area is 113 Å². The Morgan fingerprint density at radius 3 is 2.74 bits per heavy atom. The highest BCUT2D eigenvalue weighted by Gasteiger charge is 2.20. The predicted molar refractivity (Wildman–Crippen MR) is 74.9 cm³/mol. The Morgan fingerprint density at radius 1 is 1.11 bits per heavy atom. The number of nitrogens with two attached hydrogens (primary N) is 1. The molecule has 0 fully saturated rings. The van der Waals surface area contributed by atoms with Crippen LogP contribution in [0.2, 0.25) is 0 Å². The van der Waals surface area contributed by atoms with Gasteiger partial charge in [0.05, 0.1) is 6.61 Å².